The van der Waals surface area contributed by atoms with Gasteiger partial charge in [-0.1, -0.05) is 0 Å². The summed E-state index contributed by atoms with van der Waals surface area (Å²) in [4.78, 5) is 48.8. The highest BCUT2D eigenvalue weighted by Gasteiger charge is 2.34. The number of amides is 4. The molecule has 2 saturated heterocycles. The van der Waals surface area contributed by atoms with E-state index in [4.69, 9.17) is 14.4 Å². The van der Waals surface area contributed by atoms with Crippen molar-refractivity contribution in [2.24, 2.45) is 0 Å². The van der Waals surface area contributed by atoms with E-state index in [-0.39, 0.29) is 56.6 Å². The van der Waals surface area contributed by atoms with Crippen molar-refractivity contribution in [1.82, 2.24) is 21.2 Å². The zero-order chi connectivity index (χ0) is 25.1. The Balaban J connectivity index is 1.40. The number of benzene rings is 1. The van der Waals surface area contributed by atoms with Crippen LogP contribution in [0.25, 0.3) is 0 Å². The summed E-state index contributed by atoms with van der Waals surface area (Å²) < 4.78 is 35.2. The largest absolute Gasteiger partial charge is 0.442 e. The van der Waals surface area contributed by atoms with Gasteiger partial charge in [0.1, 0.15) is 23.7 Å². The first-order valence-electron chi connectivity index (χ1n) is 11.0. The number of halogens is 2. The summed E-state index contributed by atoms with van der Waals surface area (Å²) >= 11 is 0. The van der Waals surface area contributed by atoms with E-state index in [1.54, 1.807) is 13.0 Å². The Morgan fingerprint density at radius 3 is 2.60 bits per heavy atom. The van der Waals surface area contributed by atoms with Gasteiger partial charge in [-0.15, -0.1) is 5.48 Å². The number of hydrogen-bond acceptors (Lipinski definition) is 8. The van der Waals surface area contributed by atoms with Crippen molar-refractivity contribution in [2.45, 2.75) is 26.1 Å². The van der Waals surface area contributed by atoms with Crippen LogP contribution in [0.1, 0.15) is 13.8 Å². The SMILES string of the molecule is CC(=O)NC[C@H]1CN(c2cc(F)c(N3CCON(C(=O)NC4C=C(C)ON4)CC3)c(F)c2)C(=O)O1. The topological polar surface area (TPSA) is 125 Å². The molecule has 1 aromatic rings. The Labute approximate surface area is 199 Å². The quantitative estimate of drug-likeness (QED) is 0.551. The number of ether oxygens (including phenoxy) is 1. The smallest absolute Gasteiger partial charge is 0.414 e. The van der Waals surface area contributed by atoms with Crippen molar-refractivity contribution in [1.29, 1.82) is 0 Å². The highest BCUT2D eigenvalue weighted by molar-refractivity contribution is 5.90. The number of urea groups is 1. The summed E-state index contributed by atoms with van der Waals surface area (Å²) in [6.07, 6.45) is -0.249. The van der Waals surface area contributed by atoms with Gasteiger partial charge in [0, 0.05) is 32.1 Å². The fraction of sp³-hybridized carbons (Fsp3) is 0.476. The normalized spacial score (nSPS) is 22.3. The molecule has 35 heavy (non-hydrogen) atoms. The Morgan fingerprint density at radius 2 is 1.94 bits per heavy atom. The second kappa shape index (κ2) is 10.3. The molecule has 0 saturated carbocycles. The Bertz CT molecular complexity index is 1020. The molecule has 0 spiro atoms. The monoisotopic (exact) mass is 496 g/mol. The predicted octanol–water partition coefficient (Wildman–Crippen LogP) is 0.954. The van der Waals surface area contributed by atoms with Gasteiger partial charge < -0.3 is 25.1 Å². The summed E-state index contributed by atoms with van der Waals surface area (Å²) in [6, 6.07) is 1.57. The molecule has 12 nitrogen and oxygen atoms in total. The molecule has 0 aliphatic carbocycles. The van der Waals surface area contributed by atoms with E-state index in [1.807, 2.05) is 0 Å². The number of hydrogen-bond donors (Lipinski definition) is 3. The van der Waals surface area contributed by atoms with Crippen LogP contribution in [0, 0.1) is 11.6 Å². The molecule has 3 N–H and O–H groups in total. The lowest BCUT2D eigenvalue weighted by Crippen LogP contribution is -2.48. The third-order valence-electron chi connectivity index (χ3n) is 5.52. The molecule has 0 aromatic heterocycles. The molecule has 1 aromatic carbocycles. The maximum atomic E-state index is 15.0. The lowest BCUT2D eigenvalue weighted by Gasteiger charge is -2.24. The Hall–Kier alpha value is -3.65. The molecule has 0 bridgehead atoms. The number of carbonyl (C=O) groups excluding carboxylic acids is 3. The number of rotatable bonds is 5. The minimum absolute atomic E-state index is 0.000724. The number of allylic oxidation sites excluding steroid dienone is 1. The molecular formula is C21H26F2N6O6. The molecule has 0 radical (unpaired) electrons. The van der Waals surface area contributed by atoms with Crippen molar-refractivity contribution in [3.05, 3.63) is 35.6 Å². The van der Waals surface area contributed by atoms with Crippen molar-refractivity contribution in [3.63, 3.8) is 0 Å². The minimum atomic E-state index is -0.871. The van der Waals surface area contributed by atoms with Crippen LogP contribution in [0.5, 0.6) is 0 Å². The van der Waals surface area contributed by atoms with E-state index in [9.17, 15) is 14.4 Å². The van der Waals surface area contributed by atoms with E-state index in [0.717, 1.165) is 22.1 Å². The van der Waals surface area contributed by atoms with Gasteiger partial charge >= 0.3 is 12.1 Å². The minimum Gasteiger partial charge on any atom is -0.442 e. The van der Waals surface area contributed by atoms with Crippen LogP contribution in [0.15, 0.2) is 24.0 Å². The van der Waals surface area contributed by atoms with E-state index >= 15 is 8.78 Å². The fourth-order valence-corrected chi connectivity index (χ4v) is 3.87. The molecule has 2 fully saturated rings. The molecule has 4 rings (SSSR count). The van der Waals surface area contributed by atoms with Gasteiger partial charge in [-0.25, -0.2) is 23.4 Å². The number of nitrogens with one attached hydrogen (secondary N) is 3. The summed E-state index contributed by atoms with van der Waals surface area (Å²) in [5, 5.41) is 6.28. The van der Waals surface area contributed by atoms with E-state index in [1.165, 1.54) is 11.8 Å². The Morgan fingerprint density at radius 1 is 1.20 bits per heavy atom. The lowest BCUT2D eigenvalue weighted by molar-refractivity contribution is -0.119. The highest BCUT2D eigenvalue weighted by Crippen LogP contribution is 2.31. The van der Waals surface area contributed by atoms with Gasteiger partial charge in [0.2, 0.25) is 5.91 Å². The number of anilines is 2. The highest BCUT2D eigenvalue weighted by atomic mass is 19.1. The van der Waals surface area contributed by atoms with E-state index in [2.05, 4.69) is 16.1 Å². The maximum absolute atomic E-state index is 15.0. The van der Waals surface area contributed by atoms with Crippen LogP contribution < -0.4 is 25.9 Å². The van der Waals surface area contributed by atoms with Gasteiger partial charge in [0.05, 0.1) is 31.9 Å². The number of carbonyl (C=O) groups is 3. The summed E-state index contributed by atoms with van der Waals surface area (Å²) in [5.41, 5.74) is 2.33. The average Bonchev–Trinajstić information content (AvgIpc) is 3.28. The van der Waals surface area contributed by atoms with Crippen LogP contribution >= 0.6 is 0 Å². The van der Waals surface area contributed by atoms with Gasteiger partial charge in [0.15, 0.2) is 11.6 Å². The summed E-state index contributed by atoms with van der Waals surface area (Å²) in [5.74, 6) is -1.42. The van der Waals surface area contributed by atoms with Crippen LogP contribution in [0.2, 0.25) is 0 Å². The number of nitrogens with zero attached hydrogens (tertiary/aromatic N) is 3. The zero-order valence-electron chi connectivity index (χ0n) is 19.2. The van der Waals surface area contributed by atoms with Crippen molar-refractivity contribution in [3.8, 4) is 0 Å². The predicted molar refractivity (Wildman–Crippen MR) is 118 cm³/mol. The first kappa shape index (κ1) is 24.5. The molecule has 14 heteroatoms. The summed E-state index contributed by atoms with van der Waals surface area (Å²) in [7, 11) is 0. The van der Waals surface area contributed by atoms with Crippen LogP contribution in [-0.4, -0.2) is 74.7 Å². The van der Waals surface area contributed by atoms with Gasteiger partial charge in [0.25, 0.3) is 0 Å². The lowest BCUT2D eigenvalue weighted by atomic mass is 10.2. The molecule has 190 valence electrons. The van der Waals surface area contributed by atoms with Crippen molar-refractivity contribution in [2.75, 3.05) is 49.1 Å². The second-order valence-corrected chi connectivity index (χ2v) is 8.16. The fourth-order valence-electron chi connectivity index (χ4n) is 3.87. The first-order chi connectivity index (χ1) is 16.7. The molecule has 2 atom stereocenters. The third-order valence-corrected chi connectivity index (χ3v) is 5.52. The van der Waals surface area contributed by atoms with Gasteiger partial charge in [-0.05, 0) is 13.0 Å². The molecule has 3 heterocycles. The van der Waals surface area contributed by atoms with Crippen molar-refractivity contribution < 1.29 is 37.6 Å². The molecular weight excluding hydrogens is 470 g/mol. The Kier molecular flexibility index (Phi) is 7.21. The summed E-state index contributed by atoms with van der Waals surface area (Å²) in [6.45, 7) is 3.49. The molecule has 3 aliphatic heterocycles. The van der Waals surface area contributed by atoms with Crippen LogP contribution in [-0.2, 0) is 19.2 Å². The molecule has 4 amide bonds. The standard InChI is InChI=1S/C21H26F2N6O6/c1-12-7-18(26-35-12)25-20(31)29-4-3-27(5-6-33-29)19-16(22)8-14(9-17(19)23)28-11-15(34-21(28)32)10-24-13(2)30/h7-9,15,18,26H,3-6,10-11H2,1-2H3,(H,24,30)(H,25,31)/t15-,18?/m0/s1. The first-order valence-corrected chi connectivity index (χ1v) is 11.0. The van der Waals surface area contributed by atoms with Crippen molar-refractivity contribution >= 4 is 29.4 Å². The van der Waals surface area contributed by atoms with E-state index < -0.39 is 36.0 Å². The number of cyclic esters (lactones) is 1. The third kappa shape index (κ3) is 5.71. The molecule has 1 unspecified atom stereocenters. The van der Waals surface area contributed by atoms with E-state index in [0.29, 0.717) is 5.76 Å². The van der Waals surface area contributed by atoms with Crippen LogP contribution in [0.4, 0.5) is 29.7 Å². The zero-order valence-corrected chi connectivity index (χ0v) is 19.2. The van der Waals surface area contributed by atoms with Crippen LogP contribution in [0.3, 0.4) is 0 Å². The molecule has 3 aliphatic rings. The average molecular weight is 496 g/mol. The van der Waals surface area contributed by atoms with Gasteiger partial charge in [-0.3, -0.25) is 14.5 Å². The number of hydroxylamine groups is 3. The van der Waals surface area contributed by atoms with Gasteiger partial charge in [-0.2, -0.15) is 0 Å². The second-order valence-electron chi connectivity index (χ2n) is 8.16. The maximum Gasteiger partial charge on any atom is 0.414 e.